The summed E-state index contributed by atoms with van der Waals surface area (Å²) in [6.45, 7) is 4.41. The number of piperidine rings is 1. The normalized spacial score (nSPS) is 19.0. The van der Waals surface area contributed by atoms with Crippen LogP contribution in [-0.4, -0.2) is 62.6 Å². The number of benzene rings is 1. The van der Waals surface area contributed by atoms with E-state index in [2.05, 4.69) is 10.1 Å². The van der Waals surface area contributed by atoms with Crippen LogP contribution in [0.2, 0.25) is 0 Å². The lowest BCUT2D eigenvalue weighted by Crippen LogP contribution is -2.40. The lowest BCUT2D eigenvalue weighted by Gasteiger charge is -2.29. The fraction of sp³-hybridized carbons (Fsp3) is 0.652. The molecule has 0 N–H and O–H groups in total. The van der Waals surface area contributed by atoms with Crippen LogP contribution in [-0.2, 0) is 14.4 Å². The Morgan fingerprint density at radius 2 is 1.93 bits per heavy atom. The first-order valence-electron chi connectivity index (χ1n) is 11.0. The van der Waals surface area contributed by atoms with Crippen LogP contribution < -0.4 is 9.47 Å². The van der Waals surface area contributed by atoms with E-state index < -0.39 is 0 Å². The van der Waals surface area contributed by atoms with Gasteiger partial charge in [0.05, 0.1) is 19.4 Å². The zero-order chi connectivity index (χ0) is 21.2. The number of carbonyl (C=O) groups is 1. The predicted octanol–water partition coefficient (Wildman–Crippen LogP) is 3.78. The smallest absolute Gasteiger partial charge is 0.303 e. The van der Waals surface area contributed by atoms with Gasteiger partial charge in [-0.3, -0.25) is 9.69 Å². The van der Waals surface area contributed by atoms with Crippen LogP contribution in [0, 0.1) is 0 Å². The molecule has 2 fully saturated rings. The standard InChI is InChI=1S/C23H34N2O5/c1-18(26)29-21(16-25-12-6-3-7-13-25)17-28-24-15-19-10-11-22(27-2)23(14-19)30-20-8-4-5-9-20/h10-11,14-15,20-21H,3-9,12-13,16-17H2,1-2H3/b24-15+. The molecule has 0 spiro atoms. The van der Waals surface area contributed by atoms with E-state index in [-0.39, 0.29) is 24.8 Å². The molecule has 7 nitrogen and oxygen atoms in total. The van der Waals surface area contributed by atoms with Crippen molar-refractivity contribution in [1.29, 1.82) is 0 Å². The fourth-order valence-electron chi connectivity index (χ4n) is 4.06. The van der Waals surface area contributed by atoms with Crippen LogP contribution in [0.4, 0.5) is 0 Å². The van der Waals surface area contributed by atoms with Crippen LogP contribution in [0.1, 0.15) is 57.4 Å². The maximum Gasteiger partial charge on any atom is 0.303 e. The van der Waals surface area contributed by atoms with E-state index in [1.165, 1.54) is 39.0 Å². The summed E-state index contributed by atoms with van der Waals surface area (Å²) in [4.78, 5) is 19.2. The highest BCUT2D eigenvalue weighted by Crippen LogP contribution is 2.32. The van der Waals surface area contributed by atoms with Gasteiger partial charge in [0, 0.05) is 19.0 Å². The van der Waals surface area contributed by atoms with Crippen LogP contribution in [0.25, 0.3) is 0 Å². The zero-order valence-electron chi connectivity index (χ0n) is 18.2. The second kappa shape index (κ2) is 11.8. The summed E-state index contributed by atoms with van der Waals surface area (Å²) >= 11 is 0. The van der Waals surface area contributed by atoms with Crippen LogP contribution in [0.15, 0.2) is 23.4 Å². The molecule has 2 aliphatic rings. The van der Waals surface area contributed by atoms with Crippen molar-refractivity contribution in [2.24, 2.45) is 5.16 Å². The highest BCUT2D eigenvalue weighted by molar-refractivity contribution is 5.80. The van der Waals surface area contributed by atoms with Gasteiger partial charge in [-0.2, -0.15) is 0 Å². The monoisotopic (exact) mass is 418 g/mol. The molecule has 1 unspecified atom stereocenters. The molecule has 0 amide bonds. The van der Waals surface area contributed by atoms with Crippen molar-refractivity contribution in [3.05, 3.63) is 23.8 Å². The summed E-state index contributed by atoms with van der Waals surface area (Å²) in [6, 6.07) is 5.70. The molecule has 1 aromatic carbocycles. The van der Waals surface area contributed by atoms with E-state index in [0.29, 0.717) is 6.54 Å². The second-order valence-electron chi connectivity index (χ2n) is 8.06. The molecule has 3 rings (SSSR count). The minimum Gasteiger partial charge on any atom is -0.493 e. The Hall–Kier alpha value is -2.28. The number of carbonyl (C=O) groups excluding carboxylic acids is 1. The van der Waals surface area contributed by atoms with Crippen LogP contribution in [0.5, 0.6) is 11.5 Å². The SMILES string of the molecule is COc1ccc(/C=N/OCC(CN2CCCCC2)OC(C)=O)cc1OC1CCCC1. The van der Waals surface area contributed by atoms with Gasteiger partial charge in [-0.05, 0) is 69.8 Å². The maximum atomic E-state index is 11.4. The van der Waals surface area contributed by atoms with E-state index in [1.54, 1.807) is 13.3 Å². The Morgan fingerprint density at radius 1 is 1.17 bits per heavy atom. The van der Waals surface area contributed by atoms with Crippen molar-refractivity contribution in [3.8, 4) is 11.5 Å². The number of hydrogen-bond donors (Lipinski definition) is 0. The maximum absolute atomic E-state index is 11.4. The van der Waals surface area contributed by atoms with Gasteiger partial charge < -0.3 is 19.0 Å². The molecule has 1 atom stereocenters. The molecule has 166 valence electrons. The van der Waals surface area contributed by atoms with Gasteiger partial charge in [-0.25, -0.2) is 0 Å². The number of nitrogens with zero attached hydrogens (tertiary/aromatic N) is 2. The molecule has 0 aromatic heterocycles. The zero-order valence-corrected chi connectivity index (χ0v) is 18.2. The number of ether oxygens (including phenoxy) is 3. The minimum absolute atomic E-state index is 0.230. The van der Waals surface area contributed by atoms with Crippen molar-refractivity contribution in [1.82, 2.24) is 4.90 Å². The summed E-state index contributed by atoms with van der Waals surface area (Å²) in [5, 5.41) is 4.08. The number of methoxy groups -OCH3 is 1. The molecular formula is C23H34N2O5. The molecule has 1 aromatic rings. The van der Waals surface area contributed by atoms with Crippen molar-refractivity contribution in [3.63, 3.8) is 0 Å². The quantitative estimate of drug-likeness (QED) is 0.327. The van der Waals surface area contributed by atoms with Crippen molar-refractivity contribution >= 4 is 12.2 Å². The summed E-state index contributed by atoms with van der Waals surface area (Å²) in [7, 11) is 1.64. The topological polar surface area (TPSA) is 69.6 Å². The average molecular weight is 419 g/mol. The molecule has 1 heterocycles. The van der Waals surface area contributed by atoms with Gasteiger partial charge in [-0.15, -0.1) is 0 Å². The van der Waals surface area contributed by atoms with Gasteiger partial charge in [-0.1, -0.05) is 11.6 Å². The molecule has 0 radical (unpaired) electrons. The number of hydrogen-bond acceptors (Lipinski definition) is 7. The lowest BCUT2D eigenvalue weighted by atomic mass is 10.1. The van der Waals surface area contributed by atoms with E-state index in [4.69, 9.17) is 19.0 Å². The van der Waals surface area contributed by atoms with Gasteiger partial charge in [0.1, 0.15) is 0 Å². The first kappa shape index (κ1) is 22.4. The molecular weight excluding hydrogens is 384 g/mol. The van der Waals surface area contributed by atoms with Gasteiger partial charge in [0.25, 0.3) is 0 Å². The van der Waals surface area contributed by atoms with Crippen molar-refractivity contribution in [2.75, 3.05) is 33.4 Å². The van der Waals surface area contributed by atoms with Gasteiger partial charge in [0.15, 0.2) is 24.2 Å². The molecule has 1 aliphatic heterocycles. The Labute approximate surface area is 179 Å². The van der Waals surface area contributed by atoms with Crippen molar-refractivity contribution < 1.29 is 23.8 Å². The van der Waals surface area contributed by atoms with E-state index in [0.717, 1.165) is 43.0 Å². The molecule has 1 saturated heterocycles. The average Bonchev–Trinajstić information content (AvgIpc) is 3.25. The molecule has 1 saturated carbocycles. The number of likely N-dealkylation sites (tertiary alicyclic amines) is 1. The highest BCUT2D eigenvalue weighted by Gasteiger charge is 2.20. The number of rotatable bonds is 10. The third-order valence-corrected chi connectivity index (χ3v) is 5.56. The third-order valence-electron chi connectivity index (χ3n) is 5.56. The fourth-order valence-corrected chi connectivity index (χ4v) is 4.06. The Balaban J connectivity index is 1.53. The largest absolute Gasteiger partial charge is 0.493 e. The van der Waals surface area contributed by atoms with Crippen molar-refractivity contribution in [2.45, 2.75) is 64.1 Å². The molecule has 7 heteroatoms. The summed E-state index contributed by atoms with van der Waals surface area (Å²) in [6.07, 6.45) is 9.81. The third kappa shape index (κ3) is 7.20. The van der Waals surface area contributed by atoms with Crippen LogP contribution in [0.3, 0.4) is 0 Å². The first-order valence-corrected chi connectivity index (χ1v) is 11.0. The Kier molecular flexibility index (Phi) is 8.81. The number of esters is 1. The number of oxime groups is 1. The lowest BCUT2D eigenvalue weighted by molar-refractivity contribution is -0.150. The second-order valence-corrected chi connectivity index (χ2v) is 8.06. The molecule has 0 bridgehead atoms. The molecule has 1 aliphatic carbocycles. The summed E-state index contributed by atoms with van der Waals surface area (Å²) < 4.78 is 17.0. The summed E-state index contributed by atoms with van der Waals surface area (Å²) in [5.74, 6) is 1.15. The Bertz CT molecular complexity index is 697. The Morgan fingerprint density at radius 3 is 2.63 bits per heavy atom. The van der Waals surface area contributed by atoms with Gasteiger partial charge >= 0.3 is 5.97 Å². The molecule has 30 heavy (non-hydrogen) atoms. The van der Waals surface area contributed by atoms with E-state index in [9.17, 15) is 4.79 Å². The first-order chi connectivity index (χ1) is 14.6. The van der Waals surface area contributed by atoms with E-state index >= 15 is 0 Å². The summed E-state index contributed by atoms with van der Waals surface area (Å²) in [5.41, 5.74) is 0.865. The predicted molar refractivity (Wildman–Crippen MR) is 115 cm³/mol. The highest BCUT2D eigenvalue weighted by atomic mass is 16.6. The van der Waals surface area contributed by atoms with E-state index in [1.807, 2.05) is 18.2 Å². The minimum atomic E-state index is -0.324. The van der Waals surface area contributed by atoms with Crippen LogP contribution >= 0.6 is 0 Å². The van der Waals surface area contributed by atoms with Gasteiger partial charge in [0.2, 0.25) is 0 Å².